The molecule has 0 radical (unpaired) electrons. The Bertz CT molecular complexity index is 1780. The van der Waals surface area contributed by atoms with Gasteiger partial charge in [-0.2, -0.15) is 0 Å². The molecule has 2 aliphatic carbocycles. The van der Waals surface area contributed by atoms with E-state index in [1.807, 2.05) is 6.92 Å². The first-order chi connectivity index (χ1) is 21.2. The van der Waals surface area contributed by atoms with Crippen molar-refractivity contribution in [3.05, 3.63) is 68.8 Å². The lowest BCUT2D eigenvalue weighted by Crippen LogP contribution is -2.55. The van der Waals surface area contributed by atoms with Crippen LogP contribution in [0.25, 0.3) is 32.0 Å². The molecule has 4 aromatic heterocycles. The van der Waals surface area contributed by atoms with Crippen LogP contribution in [-0.4, -0.2) is 54.6 Å². The first-order valence-electron chi connectivity index (χ1n) is 14.2. The Kier molecular flexibility index (Phi) is 8.29. The highest BCUT2D eigenvalue weighted by molar-refractivity contribution is 6.30. The van der Waals surface area contributed by atoms with E-state index in [1.165, 1.54) is 4.73 Å². The second-order valence-electron chi connectivity index (χ2n) is 11.5. The fraction of sp³-hybridized carbons (Fsp3) is 0.467. The van der Waals surface area contributed by atoms with Gasteiger partial charge in [-0.25, -0.2) is 15.0 Å². The van der Waals surface area contributed by atoms with Crippen molar-refractivity contribution in [2.45, 2.75) is 62.9 Å². The smallest absolute Gasteiger partial charge is 0.325 e. The van der Waals surface area contributed by atoms with E-state index in [1.54, 1.807) is 58.1 Å². The van der Waals surface area contributed by atoms with Gasteiger partial charge in [-0.05, 0) is 68.3 Å². The topological polar surface area (TPSA) is 137 Å². The third-order valence-corrected chi connectivity index (χ3v) is 8.19. The van der Waals surface area contributed by atoms with Gasteiger partial charge >= 0.3 is 5.15 Å². The molecule has 230 valence electrons. The van der Waals surface area contributed by atoms with E-state index in [-0.39, 0.29) is 30.6 Å². The Morgan fingerprint density at radius 2 is 1.48 bits per heavy atom. The van der Waals surface area contributed by atoms with E-state index in [9.17, 15) is 5.53 Å². The van der Waals surface area contributed by atoms with Crippen molar-refractivity contribution in [3.8, 4) is 11.8 Å². The van der Waals surface area contributed by atoms with Crippen molar-refractivity contribution in [1.82, 2.24) is 15.0 Å². The molecule has 2 fully saturated rings. The molecule has 2 atom stereocenters. The van der Waals surface area contributed by atoms with Crippen molar-refractivity contribution >= 4 is 44.7 Å². The number of nitrogens with zero attached hydrogens (tertiary/aromatic N) is 7. The van der Waals surface area contributed by atoms with Gasteiger partial charge in [-0.1, -0.05) is 16.7 Å². The Hall–Kier alpha value is -3.67. The van der Waals surface area contributed by atoms with Crippen LogP contribution in [0, 0.1) is 0 Å². The molecular weight excluding hydrogens is 609 g/mol. The van der Waals surface area contributed by atoms with Crippen molar-refractivity contribution in [1.29, 1.82) is 0 Å². The van der Waals surface area contributed by atoms with Crippen LogP contribution < -0.4 is 19.0 Å². The minimum Gasteiger partial charge on any atom is -0.474 e. The molecule has 0 spiro atoms. The van der Waals surface area contributed by atoms with Crippen LogP contribution >= 0.6 is 23.2 Å². The standard InChI is InChI=1S/C30H32Cl2N7O5/c1-29(15-40-3,37-38-33)23-12-35-28(43-18-7-8-18)22-14-39(26(32)10-20(22)23)44-30(2,16-41-4)24-13-36-27(42-17-5-6-17)21-11-34-25(31)9-19(21)24/h9-14,17-18H,5-8,15-16H2,1-4H3/q+1. The molecule has 44 heavy (non-hydrogen) atoms. The first kappa shape index (κ1) is 30.4. The van der Waals surface area contributed by atoms with E-state index in [0.717, 1.165) is 31.1 Å². The molecule has 0 bridgehead atoms. The number of aromatic nitrogens is 4. The average Bonchev–Trinajstić information content (AvgIpc) is 3.91. The second-order valence-corrected chi connectivity index (χ2v) is 12.3. The van der Waals surface area contributed by atoms with E-state index >= 15 is 0 Å². The molecule has 2 aliphatic rings. The quantitative estimate of drug-likeness (QED) is 0.0569. The van der Waals surface area contributed by atoms with Gasteiger partial charge < -0.3 is 18.9 Å². The molecule has 0 amide bonds. The molecule has 4 aromatic rings. The third kappa shape index (κ3) is 6.00. The number of rotatable bonds is 13. The van der Waals surface area contributed by atoms with Gasteiger partial charge in [-0.3, -0.25) is 4.84 Å². The second kappa shape index (κ2) is 12.0. The van der Waals surface area contributed by atoms with Gasteiger partial charge in [0, 0.05) is 64.9 Å². The molecule has 6 rings (SSSR count). The molecule has 2 saturated carbocycles. The fourth-order valence-corrected chi connectivity index (χ4v) is 5.58. The highest BCUT2D eigenvalue weighted by Crippen LogP contribution is 2.39. The van der Waals surface area contributed by atoms with Crippen molar-refractivity contribution in [3.63, 3.8) is 0 Å². The molecule has 0 aromatic carbocycles. The number of ether oxygens (including phenoxy) is 4. The average molecular weight is 642 g/mol. The van der Waals surface area contributed by atoms with E-state index in [4.69, 9.17) is 47.0 Å². The highest BCUT2D eigenvalue weighted by atomic mass is 35.5. The maximum atomic E-state index is 9.35. The number of halogens is 2. The Morgan fingerprint density at radius 1 is 0.864 bits per heavy atom. The Labute approximate surface area is 263 Å². The number of methoxy groups -OCH3 is 2. The van der Waals surface area contributed by atoms with Gasteiger partial charge in [0.1, 0.15) is 22.7 Å². The van der Waals surface area contributed by atoms with Crippen LogP contribution in [0.5, 0.6) is 11.8 Å². The van der Waals surface area contributed by atoms with Crippen LogP contribution in [-0.2, 0) is 20.6 Å². The Balaban J connectivity index is 1.49. The van der Waals surface area contributed by atoms with Crippen molar-refractivity contribution in [2.24, 2.45) is 5.11 Å². The number of pyridine rings is 4. The molecule has 4 heterocycles. The molecule has 14 heteroatoms. The molecule has 0 aliphatic heterocycles. The number of fused-ring (bicyclic) bond motifs is 2. The third-order valence-electron chi connectivity index (χ3n) is 7.71. The zero-order valence-electron chi connectivity index (χ0n) is 24.8. The van der Waals surface area contributed by atoms with E-state index in [2.05, 4.69) is 25.0 Å². The summed E-state index contributed by atoms with van der Waals surface area (Å²) < 4.78 is 24.8. The van der Waals surface area contributed by atoms with Gasteiger partial charge in [0.2, 0.25) is 23.6 Å². The van der Waals surface area contributed by atoms with Gasteiger partial charge in [-0.15, -0.1) is 0 Å². The summed E-state index contributed by atoms with van der Waals surface area (Å²) in [5.74, 6) is 0.909. The SMILES string of the molecule is COCC(C)(N=[N+]=[N-])c1cnc(OC2CC2)c2c[n+](OC(C)(COC)c3cnc(OC4CC4)c4cnc(Cl)cc34)c(Cl)cc12. The molecule has 2 unspecified atom stereocenters. The van der Waals surface area contributed by atoms with Crippen LogP contribution in [0.2, 0.25) is 10.3 Å². The molecule has 0 saturated heterocycles. The summed E-state index contributed by atoms with van der Waals surface area (Å²) >= 11 is 13.3. The van der Waals surface area contributed by atoms with E-state index < -0.39 is 11.1 Å². The number of hydrogen-bond donors (Lipinski definition) is 0. The first-order valence-corrected chi connectivity index (χ1v) is 15.0. The van der Waals surface area contributed by atoms with Crippen molar-refractivity contribution in [2.75, 3.05) is 27.4 Å². The largest absolute Gasteiger partial charge is 0.474 e. The molecule has 0 N–H and O–H groups in total. The summed E-state index contributed by atoms with van der Waals surface area (Å²) in [5.41, 5.74) is 8.52. The summed E-state index contributed by atoms with van der Waals surface area (Å²) in [6, 6.07) is 3.51. The lowest BCUT2D eigenvalue weighted by molar-refractivity contribution is -0.907. The molecule has 12 nitrogen and oxygen atoms in total. The predicted octanol–water partition coefficient (Wildman–Crippen LogP) is 6.02. The van der Waals surface area contributed by atoms with Crippen molar-refractivity contribution < 1.29 is 28.5 Å². The predicted molar refractivity (Wildman–Crippen MR) is 163 cm³/mol. The normalized spacial score (nSPS) is 17.5. The summed E-state index contributed by atoms with van der Waals surface area (Å²) in [4.78, 5) is 23.3. The lowest BCUT2D eigenvalue weighted by Gasteiger charge is -2.27. The molecular formula is C30H32Cl2N7O5+. The fourth-order valence-electron chi connectivity index (χ4n) is 5.23. The van der Waals surface area contributed by atoms with Gasteiger partial charge in [0.25, 0.3) is 0 Å². The van der Waals surface area contributed by atoms with Crippen LogP contribution in [0.1, 0.15) is 50.7 Å². The number of azide groups is 1. The van der Waals surface area contributed by atoms with Gasteiger partial charge in [0.05, 0.1) is 24.1 Å². The Morgan fingerprint density at radius 3 is 2.09 bits per heavy atom. The zero-order valence-corrected chi connectivity index (χ0v) is 26.3. The zero-order chi connectivity index (χ0) is 31.1. The van der Waals surface area contributed by atoms with Crippen LogP contribution in [0.4, 0.5) is 0 Å². The van der Waals surface area contributed by atoms with Crippen LogP contribution in [0.3, 0.4) is 0 Å². The minimum absolute atomic E-state index is 0.0787. The maximum Gasteiger partial charge on any atom is 0.325 e. The highest BCUT2D eigenvalue weighted by Gasteiger charge is 2.40. The van der Waals surface area contributed by atoms with Crippen LogP contribution in [0.15, 0.2) is 42.0 Å². The van der Waals surface area contributed by atoms with E-state index in [0.29, 0.717) is 44.2 Å². The number of hydrogen-bond acceptors (Lipinski definition) is 9. The summed E-state index contributed by atoms with van der Waals surface area (Å²) in [6.45, 7) is 3.93. The maximum absolute atomic E-state index is 9.35. The monoisotopic (exact) mass is 640 g/mol. The lowest BCUT2D eigenvalue weighted by atomic mass is 9.91. The summed E-state index contributed by atoms with van der Waals surface area (Å²) in [7, 11) is 3.14. The minimum atomic E-state index is -1.11. The summed E-state index contributed by atoms with van der Waals surface area (Å²) in [5, 5.41) is 7.40. The van der Waals surface area contributed by atoms with Gasteiger partial charge in [0.15, 0.2) is 0 Å². The summed E-state index contributed by atoms with van der Waals surface area (Å²) in [6.07, 6.45) is 10.8.